The van der Waals surface area contributed by atoms with Crippen LogP contribution in [0, 0.1) is 17.8 Å². The molecule has 0 saturated heterocycles. The molecule has 0 spiro atoms. The maximum absolute atomic E-state index is 5.23. The molecule has 0 aliphatic rings. The van der Waals surface area contributed by atoms with E-state index >= 15 is 0 Å². The first kappa shape index (κ1) is 9.00. The van der Waals surface area contributed by atoms with E-state index in [0.29, 0.717) is 0 Å². The Morgan fingerprint density at radius 1 is 1.67 bits per heavy atom. The molecule has 0 aromatic carbocycles. The summed E-state index contributed by atoms with van der Waals surface area (Å²) in [6, 6.07) is 0. The quantitative estimate of drug-likeness (QED) is 0.424. The minimum Gasteiger partial charge on any atom is -0.121 e. The number of terminal acetylenes is 1. The van der Waals surface area contributed by atoms with E-state index in [1.807, 2.05) is 20.1 Å². The molecule has 0 rings (SSSR count). The molecule has 0 heterocycles. The average molecular weight is 158 g/mol. The van der Waals surface area contributed by atoms with Gasteiger partial charge in [0.15, 0.2) is 0 Å². The third-order valence-electron chi connectivity index (χ3n) is 1.06. The van der Waals surface area contributed by atoms with Crippen LogP contribution in [0.5, 0.6) is 0 Å². The lowest BCUT2D eigenvalue weighted by Gasteiger charge is -2.15. The van der Waals surface area contributed by atoms with Crippen LogP contribution >= 0.6 is 24.0 Å². The van der Waals surface area contributed by atoms with Crippen molar-refractivity contribution in [3.05, 3.63) is 0 Å². The third kappa shape index (κ3) is 2.38. The molecule has 0 fully saturated rings. The lowest BCUT2D eigenvalue weighted by atomic mass is 9.98. The van der Waals surface area contributed by atoms with Crippen LogP contribution < -0.4 is 0 Å². The molecule has 0 saturated carbocycles. The summed E-state index contributed by atoms with van der Waals surface area (Å²) in [7, 11) is 0. The molecule has 9 heavy (non-hydrogen) atoms. The lowest BCUT2D eigenvalue weighted by Crippen LogP contribution is -2.16. The van der Waals surface area contributed by atoms with Gasteiger partial charge in [-0.3, -0.25) is 0 Å². The van der Waals surface area contributed by atoms with Gasteiger partial charge in [-0.1, -0.05) is 18.1 Å². The van der Waals surface area contributed by atoms with E-state index in [0.717, 1.165) is 4.20 Å². The van der Waals surface area contributed by atoms with Gasteiger partial charge in [0.25, 0.3) is 0 Å². The Kier molecular flexibility index (Phi) is 3.24. The van der Waals surface area contributed by atoms with E-state index in [2.05, 4.69) is 5.92 Å². The molecule has 0 bridgehead atoms. The summed E-state index contributed by atoms with van der Waals surface area (Å²) in [6.07, 6.45) is 7.18. The second-order valence-corrected chi connectivity index (χ2v) is 3.74. The van der Waals surface area contributed by atoms with Crippen LogP contribution in [-0.4, -0.2) is 10.5 Å². The van der Waals surface area contributed by atoms with Crippen molar-refractivity contribution in [2.24, 2.45) is 5.41 Å². The smallest absolute Gasteiger partial charge is 0.0665 e. The molecule has 2 heteroatoms. The van der Waals surface area contributed by atoms with Crippen LogP contribution in [0.1, 0.15) is 13.8 Å². The summed E-state index contributed by atoms with van der Waals surface area (Å²) in [5.41, 5.74) is -0.227. The molecule has 0 amide bonds. The highest BCUT2D eigenvalue weighted by atomic mass is 32.2. The molecule has 0 unspecified atom stereocenters. The van der Waals surface area contributed by atoms with Crippen molar-refractivity contribution in [2.45, 2.75) is 13.8 Å². The van der Waals surface area contributed by atoms with Crippen molar-refractivity contribution >= 4 is 28.2 Å². The zero-order valence-electron chi connectivity index (χ0n) is 5.89. The van der Waals surface area contributed by atoms with E-state index < -0.39 is 0 Å². The van der Waals surface area contributed by atoms with Gasteiger partial charge in [-0.2, -0.15) is 0 Å². The number of thioether (sulfide) groups is 1. The fourth-order valence-corrected chi connectivity index (χ4v) is 0.942. The summed E-state index contributed by atoms with van der Waals surface area (Å²) in [5, 5.41) is 0. The largest absolute Gasteiger partial charge is 0.121 e. The summed E-state index contributed by atoms with van der Waals surface area (Å²) in [5.74, 6) is 2.63. The zero-order valence-corrected chi connectivity index (χ0v) is 7.53. The average Bonchev–Trinajstić information content (AvgIpc) is 1.86. The monoisotopic (exact) mass is 158 g/mol. The van der Waals surface area contributed by atoms with Crippen LogP contribution in [-0.2, 0) is 0 Å². The van der Waals surface area contributed by atoms with E-state index in [4.69, 9.17) is 18.6 Å². The number of hydrogen-bond donors (Lipinski definition) is 0. The summed E-state index contributed by atoms with van der Waals surface area (Å²) < 4.78 is 0.880. The van der Waals surface area contributed by atoms with Crippen LogP contribution in [0.3, 0.4) is 0 Å². The van der Waals surface area contributed by atoms with Crippen LogP contribution in [0.2, 0.25) is 0 Å². The van der Waals surface area contributed by atoms with Gasteiger partial charge in [0.05, 0.1) is 9.61 Å². The highest BCUT2D eigenvalue weighted by Gasteiger charge is 2.18. The van der Waals surface area contributed by atoms with Gasteiger partial charge in [0.1, 0.15) is 0 Å². The van der Waals surface area contributed by atoms with Gasteiger partial charge >= 0.3 is 0 Å². The van der Waals surface area contributed by atoms with E-state index in [1.165, 1.54) is 0 Å². The molecule has 0 nitrogen and oxygen atoms in total. The fourth-order valence-electron chi connectivity index (χ4n) is 0.314. The van der Waals surface area contributed by atoms with Crippen LogP contribution in [0.25, 0.3) is 0 Å². The Bertz CT molecular complexity index is 151. The maximum Gasteiger partial charge on any atom is 0.0665 e. The van der Waals surface area contributed by atoms with Crippen molar-refractivity contribution in [1.29, 1.82) is 0 Å². The topological polar surface area (TPSA) is 0 Å². The Labute approximate surface area is 66.4 Å². The van der Waals surface area contributed by atoms with Gasteiger partial charge < -0.3 is 0 Å². The first-order valence-electron chi connectivity index (χ1n) is 2.61. The molecule has 0 aliphatic carbocycles. The lowest BCUT2D eigenvalue weighted by molar-refractivity contribution is 0.731. The molecule has 0 aliphatic heterocycles. The number of hydrogen-bond acceptors (Lipinski definition) is 2. The van der Waals surface area contributed by atoms with Gasteiger partial charge in [-0.25, -0.2) is 0 Å². The SMILES string of the molecule is C#CC(C)(C)C(=S)SC. The highest BCUT2D eigenvalue weighted by Crippen LogP contribution is 2.22. The predicted molar refractivity (Wildman–Crippen MR) is 48.7 cm³/mol. The first-order chi connectivity index (χ1) is 4.04. The van der Waals surface area contributed by atoms with E-state index in [9.17, 15) is 0 Å². The summed E-state index contributed by atoms with van der Waals surface area (Å²) in [4.78, 5) is 0. The number of rotatable bonds is 1. The summed E-state index contributed by atoms with van der Waals surface area (Å²) in [6.45, 7) is 3.90. The molecular formula is C7H10S2. The Morgan fingerprint density at radius 2 is 2.11 bits per heavy atom. The Balaban J connectivity index is 4.19. The van der Waals surface area contributed by atoms with E-state index in [1.54, 1.807) is 11.8 Å². The molecule has 50 valence electrons. The molecule has 0 N–H and O–H groups in total. The zero-order chi connectivity index (χ0) is 7.49. The third-order valence-corrected chi connectivity index (χ3v) is 2.95. The second kappa shape index (κ2) is 3.24. The molecular weight excluding hydrogens is 148 g/mol. The molecule has 0 aromatic rings. The van der Waals surface area contributed by atoms with E-state index in [-0.39, 0.29) is 5.41 Å². The van der Waals surface area contributed by atoms with Gasteiger partial charge in [-0.15, -0.1) is 18.2 Å². The standard InChI is InChI=1S/C7H10S2/c1-5-7(2,3)6(8)9-4/h1H,2-4H3. The minimum atomic E-state index is -0.227. The Hall–Kier alpha value is -0.000000000000000111. The van der Waals surface area contributed by atoms with Gasteiger partial charge in [0, 0.05) is 0 Å². The maximum atomic E-state index is 5.23. The highest BCUT2D eigenvalue weighted by molar-refractivity contribution is 8.22. The minimum absolute atomic E-state index is 0.227. The number of thiocarbonyl (C=S) groups is 1. The van der Waals surface area contributed by atoms with Crippen LogP contribution in [0.4, 0.5) is 0 Å². The molecule has 0 radical (unpaired) electrons. The van der Waals surface area contributed by atoms with Crippen molar-refractivity contribution in [3.8, 4) is 12.3 Å². The molecule has 0 atom stereocenters. The normalized spacial score (nSPS) is 10.4. The van der Waals surface area contributed by atoms with Crippen molar-refractivity contribution in [2.75, 3.05) is 6.26 Å². The van der Waals surface area contributed by atoms with Crippen molar-refractivity contribution in [3.63, 3.8) is 0 Å². The molecule has 0 aromatic heterocycles. The van der Waals surface area contributed by atoms with Gasteiger partial charge in [-0.05, 0) is 20.1 Å². The summed E-state index contributed by atoms with van der Waals surface area (Å²) >= 11 is 6.56. The van der Waals surface area contributed by atoms with Crippen molar-refractivity contribution < 1.29 is 0 Å². The van der Waals surface area contributed by atoms with Gasteiger partial charge in [0.2, 0.25) is 0 Å². The first-order valence-corrected chi connectivity index (χ1v) is 4.24. The fraction of sp³-hybridized carbons (Fsp3) is 0.571. The predicted octanol–water partition coefficient (Wildman–Crippen LogP) is 2.34. The van der Waals surface area contributed by atoms with Crippen molar-refractivity contribution in [1.82, 2.24) is 0 Å². The Morgan fingerprint density at radius 3 is 2.22 bits per heavy atom. The second-order valence-electron chi connectivity index (χ2n) is 2.26. The van der Waals surface area contributed by atoms with Crippen LogP contribution in [0.15, 0.2) is 0 Å².